The highest BCUT2D eigenvalue weighted by Gasteiger charge is 2.25. The number of carbonyl (C=O) groups is 1. The van der Waals surface area contributed by atoms with Crippen LogP contribution >= 0.6 is 0 Å². The van der Waals surface area contributed by atoms with E-state index in [0.717, 1.165) is 52.0 Å². The Bertz CT molecular complexity index is 291. The van der Waals surface area contributed by atoms with Gasteiger partial charge < -0.3 is 15.5 Å². The van der Waals surface area contributed by atoms with Gasteiger partial charge in [-0.15, -0.1) is 0 Å². The second kappa shape index (κ2) is 8.63. The van der Waals surface area contributed by atoms with Crippen molar-refractivity contribution in [1.29, 1.82) is 0 Å². The maximum absolute atomic E-state index is 12.3. The molecule has 1 aliphatic heterocycles. The van der Waals surface area contributed by atoms with Crippen LogP contribution in [0.2, 0.25) is 0 Å². The smallest absolute Gasteiger partial charge is 0.222 e. The van der Waals surface area contributed by atoms with Crippen LogP contribution in [0.4, 0.5) is 0 Å². The zero-order valence-corrected chi connectivity index (χ0v) is 12.9. The second-order valence-corrected chi connectivity index (χ2v) is 6.43. The minimum Gasteiger partial charge on any atom is -0.341 e. The third-order valence-electron chi connectivity index (χ3n) is 4.81. The van der Waals surface area contributed by atoms with E-state index in [2.05, 4.69) is 9.80 Å². The zero-order chi connectivity index (χ0) is 14.2. The predicted molar refractivity (Wildman–Crippen MR) is 82.5 cm³/mol. The molecule has 116 valence electrons. The topological polar surface area (TPSA) is 49.6 Å². The quantitative estimate of drug-likeness (QED) is 0.724. The third-order valence-corrected chi connectivity index (χ3v) is 4.81. The summed E-state index contributed by atoms with van der Waals surface area (Å²) < 4.78 is 0. The molecule has 2 N–H and O–H groups in total. The van der Waals surface area contributed by atoms with Gasteiger partial charge in [0, 0.05) is 26.1 Å². The van der Waals surface area contributed by atoms with Gasteiger partial charge in [0.2, 0.25) is 5.91 Å². The van der Waals surface area contributed by atoms with E-state index in [1.165, 1.54) is 38.6 Å². The average molecular weight is 281 g/mol. The van der Waals surface area contributed by atoms with Crippen molar-refractivity contribution in [2.24, 2.45) is 11.7 Å². The molecule has 0 unspecified atom stereocenters. The highest BCUT2D eigenvalue weighted by Crippen LogP contribution is 2.30. The van der Waals surface area contributed by atoms with Gasteiger partial charge in [-0.05, 0) is 57.7 Å². The number of carbonyl (C=O) groups excluding carboxylic acids is 1. The van der Waals surface area contributed by atoms with E-state index in [9.17, 15) is 4.79 Å². The van der Waals surface area contributed by atoms with Crippen molar-refractivity contribution in [3.8, 4) is 0 Å². The van der Waals surface area contributed by atoms with Crippen molar-refractivity contribution in [1.82, 2.24) is 9.80 Å². The highest BCUT2D eigenvalue weighted by atomic mass is 16.2. The number of nitrogens with two attached hydrogens (primary N) is 1. The van der Waals surface area contributed by atoms with Gasteiger partial charge in [0.05, 0.1) is 0 Å². The number of rotatable bonds is 7. The van der Waals surface area contributed by atoms with Crippen LogP contribution in [0.15, 0.2) is 0 Å². The van der Waals surface area contributed by atoms with Crippen molar-refractivity contribution < 1.29 is 4.79 Å². The molecule has 1 saturated carbocycles. The lowest BCUT2D eigenvalue weighted by Gasteiger charge is -2.28. The maximum Gasteiger partial charge on any atom is 0.222 e. The van der Waals surface area contributed by atoms with E-state index in [4.69, 9.17) is 5.73 Å². The van der Waals surface area contributed by atoms with E-state index in [1.54, 1.807) is 0 Å². The first-order valence-corrected chi connectivity index (χ1v) is 8.50. The van der Waals surface area contributed by atoms with Crippen LogP contribution in [0.25, 0.3) is 0 Å². The Morgan fingerprint density at radius 1 is 1.00 bits per heavy atom. The molecule has 1 saturated heterocycles. The standard InChI is InChI=1S/C16H31N3O/c17-8-2-1-3-9-18-10-5-11-19(13-12-18)16(20)14-15-6-4-7-15/h15H,1-14,17H2. The lowest BCUT2D eigenvalue weighted by molar-refractivity contribution is -0.132. The summed E-state index contributed by atoms with van der Waals surface area (Å²) in [5, 5.41) is 0. The summed E-state index contributed by atoms with van der Waals surface area (Å²) in [5.74, 6) is 1.10. The molecule has 4 nitrogen and oxygen atoms in total. The fourth-order valence-corrected chi connectivity index (χ4v) is 3.17. The first-order chi connectivity index (χ1) is 9.79. The van der Waals surface area contributed by atoms with E-state index in [0.29, 0.717) is 11.8 Å². The van der Waals surface area contributed by atoms with Crippen LogP contribution in [0.3, 0.4) is 0 Å². The largest absolute Gasteiger partial charge is 0.341 e. The molecule has 2 aliphatic rings. The number of nitrogens with zero attached hydrogens (tertiary/aromatic N) is 2. The molecule has 0 aromatic rings. The Morgan fingerprint density at radius 3 is 2.55 bits per heavy atom. The van der Waals surface area contributed by atoms with Crippen LogP contribution in [0.1, 0.15) is 51.4 Å². The molecule has 20 heavy (non-hydrogen) atoms. The first-order valence-electron chi connectivity index (χ1n) is 8.50. The molecule has 0 radical (unpaired) electrons. The molecule has 2 rings (SSSR count). The van der Waals surface area contributed by atoms with Crippen molar-refractivity contribution in [3.63, 3.8) is 0 Å². The summed E-state index contributed by atoms with van der Waals surface area (Å²) in [5.41, 5.74) is 5.52. The number of hydrogen-bond acceptors (Lipinski definition) is 3. The Morgan fingerprint density at radius 2 is 1.85 bits per heavy atom. The lowest BCUT2D eigenvalue weighted by atomic mass is 9.82. The van der Waals surface area contributed by atoms with Crippen LogP contribution in [0, 0.1) is 5.92 Å². The fraction of sp³-hybridized carbons (Fsp3) is 0.938. The van der Waals surface area contributed by atoms with E-state index in [1.807, 2.05) is 0 Å². The van der Waals surface area contributed by atoms with Crippen LogP contribution in [-0.4, -0.2) is 55.0 Å². The molecule has 1 aliphatic carbocycles. The van der Waals surface area contributed by atoms with Crippen LogP contribution < -0.4 is 5.73 Å². The van der Waals surface area contributed by atoms with Crippen molar-refractivity contribution in [2.45, 2.75) is 51.4 Å². The summed E-state index contributed by atoms with van der Waals surface area (Å²) >= 11 is 0. The second-order valence-electron chi connectivity index (χ2n) is 6.43. The molecule has 0 atom stereocenters. The van der Waals surface area contributed by atoms with Crippen molar-refractivity contribution in [3.05, 3.63) is 0 Å². The van der Waals surface area contributed by atoms with Gasteiger partial charge in [-0.1, -0.05) is 12.8 Å². The Hall–Kier alpha value is -0.610. The first kappa shape index (κ1) is 15.8. The van der Waals surface area contributed by atoms with Crippen molar-refractivity contribution in [2.75, 3.05) is 39.3 Å². The molecule has 2 fully saturated rings. The van der Waals surface area contributed by atoms with Gasteiger partial charge >= 0.3 is 0 Å². The highest BCUT2D eigenvalue weighted by molar-refractivity contribution is 5.76. The molecule has 0 aromatic heterocycles. The van der Waals surface area contributed by atoms with E-state index >= 15 is 0 Å². The van der Waals surface area contributed by atoms with Gasteiger partial charge in [0.15, 0.2) is 0 Å². The SMILES string of the molecule is NCCCCCN1CCCN(C(=O)CC2CCC2)CC1. The zero-order valence-electron chi connectivity index (χ0n) is 12.9. The molecule has 0 aromatic carbocycles. The summed E-state index contributed by atoms with van der Waals surface area (Å²) in [6.07, 6.45) is 9.42. The normalized spacial score (nSPS) is 21.6. The third kappa shape index (κ3) is 5.06. The molecular weight excluding hydrogens is 250 g/mol. The Balaban J connectivity index is 1.64. The predicted octanol–water partition coefficient (Wildman–Crippen LogP) is 1.84. The van der Waals surface area contributed by atoms with E-state index < -0.39 is 0 Å². The Kier molecular flexibility index (Phi) is 6.80. The minimum absolute atomic E-state index is 0.402. The summed E-state index contributed by atoms with van der Waals surface area (Å²) in [6, 6.07) is 0. The fourth-order valence-electron chi connectivity index (χ4n) is 3.17. The maximum atomic E-state index is 12.3. The molecule has 1 heterocycles. The monoisotopic (exact) mass is 281 g/mol. The van der Waals surface area contributed by atoms with E-state index in [-0.39, 0.29) is 0 Å². The van der Waals surface area contributed by atoms with Gasteiger partial charge in [0.1, 0.15) is 0 Å². The average Bonchev–Trinajstić information content (AvgIpc) is 2.64. The minimum atomic E-state index is 0.402. The molecular formula is C16H31N3O. The number of amides is 1. The molecule has 0 spiro atoms. The van der Waals surface area contributed by atoms with Gasteiger partial charge in [0.25, 0.3) is 0 Å². The van der Waals surface area contributed by atoms with Gasteiger partial charge in [-0.2, -0.15) is 0 Å². The molecule has 4 heteroatoms. The van der Waals surface area contributed by atoms with Gasteiger partial charge in [-0.3, -0.25) is 4.79 Å². The summed E-state index contributed by atoms with van der Waals surface area (Å²) in [4.78, 5) is 16.9. The molecule has 1 amide bonds. The van der Waals surface area contributed by atoms with Gasteiger partial charge in [-0.25, -0.2) is 0 Å². The number of unbranched alkanes of at least 4 members (excludes halogenated alkanes) is 2. The molecule has 0 bridgehead atoms. The summed E-state index contributed by atoms with van der Waals surface area (Å²) in [6.45, 7) is 6.08. The lowest BCUT2D eigenvalue weighted by Crippen LogP contribution is -2.37. The van der Waals surface area contributed by atoms with Crippen molar-refractivity contribution >= 4 is 5.91 Å². The van der Waals surface area contributed by atoms with Crippen LogP contribution in [0.5, 0.6) is 0 Å². The number of hydrogen-bond donors (Lipinski definition) is 1. The Labute approximate surface area is 123 Å². The summed E-state index contributed by atoms with van der Waals surface area (Å²) in [7, 11) is 0. The van der Waals surface area contributed by atoms with Crippen LogP contribution in [-0.2, 0) is 4.79 Å².